The summed E-state index contributed by atoms with van der Waals surface area (Å²) in [6.07, 6.45) is 0. The van der Waals surface area contributed by atoms with Gasteiger partial charge >= 0.3 is 17.5 Å². The molecule has 0 saturated carbocycles. The largest absolute Gasteiger partial charge is 0.474 e. The lowest BCUT2D eigenvalue weighted by atomic mass is 10.2. The number of carbonyl (C=O) groups excluding carboxylic acids is 1. The van der Waals surface area contributed by atoms with E-state index in [1.807, 2.05) is 0 Å². The maximum absolute atomic E-state index is 11.1. The van der Waals surface area contributed by atoms with Gasteiger partial charge in [0.25, 0.3) is 0 Å². The normalized spacial score (nSPS) is 10.1. The molecule has 0 atom stereocenters. The second kappa shape index (κ2) is 4.09. The van der Waals surface area contributed by atoms with Crippen LogP contribution in [0.5, 0.6) is 0 Å². The van der Waals surface area contributed by atoms with Gasteiger partial charge in [0, 0.05) is 11.5 Å². The van der Waals surface area contributed by atoms with Gasteiger partial charge in [-0.05, 0) is 12.1 Å². The second-order valence-corrected chi connectivity index (χ2v) is 3.24. The molecule has 0 aliphatic carbocycles. The fourth-order valence-electron chi connectivity index (χ4n) is 1.37. The Morgan fingerprint density at radius 1 is 1.18 bits per heavy atom. The third-order valence-corrected chi connectivity index (χ3v) is 2.09. The fraction of sp³-hybridized carbons (Fsp3) is 0. The van der Waals surface area contributed by atoms with Crippen molar-refractivity contribution in [3.8, 4) is 0 Å². The first-order chi connectivity index (χ1) is 8.08. The van der Waals surface area contributed by atoms with Crippen LogP contribution in [0.3, 0.4) is 0 Å². The van der Waals surface area contributed by atoms with Crippen LogP contribution in [0.4, 0.5) is 5.69 Å². The molecular formula is C11H7NO5. The van der Waals surface area contributed by atoms with Crippen molar-refractivity contribution in [1.29, 1.82) is 0 Å². The van der Waals surface area contributed by atoms with Crippen molar-refractivity contribution in [2.45, 2.75) is 0 Å². The van der Waals surface area contributed by atoms with E-state index in [2.05, 4.69) is 5.32 Å². The van der Waals surface area contributed by atoms with Gasteiger partial charge < -0.3 is 14.8 Å². The highest BCUT2D eigenvalue weighted by Crippen LogP contribution is 2.21. The van der Waals surface area contributed by atoms with Gasteiger partial charge in [0.15, 0.2) is 5.58 Å². The molecule has 1 amide bonds. The summed E-state index contributed by atoms with van der Waals surface area (Å²) in [5.74, 6) is -2.80. The van der Waals surface area contributed by atoms with Crippen molar-refractivity contribution < 1.29 is 19.1 Å². The Morgan fingerprint density at radius 2 is 1.94 bits per heavy atom. The molecule has 17 heavy (non-hydrogen) atoms. The summed E-state index contributed by atoms with van der Waals surface area (Å²) < 4.78 is 4.91. The van der Waals surface area contributed by atoms with E-state index in [9.17, 15) is 14.4 Å². The second-order valence-electron chi connectivity index (χ2n) is 3.24. The molecule has 1 aromatic heterocycles. The molecule has 0 radical (unpaired) electrons. The minimum atomic E-state index is -1.61. The van der Waals surface area contributed by atoms with E-state index in [-0.39, 0.29) is 11.3 Å². The SMILES string of the molecule is O=C(O)C(=O)Nc1cccc2ccc(=O)oc12. The number of anilines is 1. The van der Waals surface area contributed by atoms with E-state index in [1.54, 1.807) is 12.1 Å². The number of carboxylic acid groups (broad SMARTS) is 1. The van der Waals surface area contributed by atoms with Crippen LogP contribution in [0.25, 0.3) is 11.0 Å². The van der Waals surface area contributed by atoms with Crippen molar-refractivity contribution in [1.82, 2.24) is 0 Å². The summed E-state index contributed by atoms with van der Waals surface area (Å²) >= 11 is 0. The van der Waals surface area contributed by atoms with Gasteiger partial charge in [-0.3, -0.25) is 4.79 Å². The Balaban J connectivity index is 2.54. The van der Waals surface area contributed by atoms with E-state index in [1.165, 1.54) is 18.2 Å². The maximum atomic E-state index is 11.1. The molecule has 0 fully saturated rings. The van der Waals surface area contributed by atoms with Crippen LogP contribution in [0.15, 0.2) is 39.5 Å². The van der Waals surface area contributed by atoms with Crippen molar-refractivity contribution in [3.05, 3.63) is 40.8 Å². The molecule has 1 heterocycles. The molecule has 6 nitrogen and oxygen atoms in total. The number of rotatable bonds is 1. The summed E-state index contributed by atoms with van der Waals surface area (Å²) in [6, 6.07) is 7.50. The Labute approximate surface area is 94.5 Å². The van der Waals surface area contributed by atoms with E-state index in [0.29, 0.717) is 5.39 Å². The van der Waals surface area contributed by atoms with E-state index < -0.39 is 17.5 Å². The van der Waals surface area contributed by atoms with Crippen LogP contribution in [0, 0.1) is 0 Å². The molecular weight excluding hydrogens is 226 g/mol. The molecule has 0 unspecified atom stereocenters. The average Bonchev–Trinajstić information content (AvgIpc) is 2.29. The van der Waals surface area contributed by atoms with Crippen molar-refractivity contribution in [3.63, 3.8) is 0 Å². The van der Waals surface area contributed by atoms with E-state index >= 15 is 0 Å². The highest BCUT2D eigenvalue weighted by Gasteiger charge is 2.13. The molecule has 0 aliphatic heterocycles. The quantitative estimate of drug-likeness (QED) is 0.561. The number of benzene rings is 1. The third-order valence-electron chi connectivity index (χ3n) is 2.09. The molecule has 0 aliphatic rings. The minimum absolute atomic E-state index is 0.146. The fourth-order valence-corrected chi connectivity index (χ4v) is 1.37. The predicted octanol–water partition coefficient (Wildman–Crippen LogP) is 0.816. The maximum Gasteiger partial charge on any atom is 0.394 e. The molecule has 1 aromatic carbocycles. The Hall–Kier alpha value is -2.63. The number of carboxylic acids is 1. The van der Waals surface area contributed by atoms with Crippen LogP contribution in [-0.2, 0) is 9.59 Å². The number of hydrogen-bond donors (Lipinski definition) is 2. The number of nitrogens with one attached hydrogen (secondary N) is 1. The Kier molecular flexibility index (Phi) is 2.61. The minimum Gasteiger partial charge on any atom is -0.474 e. The van der Waals surface area contributed by atoms with Crippen molar-refractivity contribution >= 4 is 28.5 Å². The highest BCUT2D eigenvalue weighted by atomic mass is 16.4. The lowest BCUT2D eigenvalue weighted by molar-refractivity contribution is -0.147. The molecule has 2 rings (SSSR count). The Morgan fingerprint density at radius 3 is 2.65 bits per heavy atom. The van der Waals surface area contributed by atoms with Gasteiger partial charge in [0.05, 0.1) is 5.69 Å². The Bertz CT molecular complexity index is 658. The summed E-state index contributed by atoms with van der Waals surface area (Å²) in [7, 11) is 0. The van der Waals surface area contributed by atoms with Crippen molar-refractivity contribution in [2.24, 2.45) is 0 Å². The van der Waals surface area contributed by atoms with Gasteiger partial charge in [-0.15, -0.1) is 0 Å². The molecule has 2 N–H and O–H groups in total. The number of para-hydroxylation sites is 1. The summed E-state index contributed by atoms with van der Waals surface area (Å²) in [5, 5.41) is 11.2. The number of fused-ring (bicyclic) bond motifs is 1. The number of carbonyl (C=O) groups is 2. The van der Waals surface area contributed by atoms with Crippen LogP contribution < -0.4 is 10.9 Å². The summed E-state index contributed by atoms with van der Waals surface area (Å²) in [4.78, 5) is 32.5. The first kappa shape index (κ1) is 10.9. The third kappa shape index (κ3) is 2.15. The standard InChI is InChI=1S/C11H7NO5/c13-8-5-4-6-2-1-3-7(9(6)17-8)12-10(14)11(15)16/h1-5H,(H,12,14)(H,15,16). The lowest BCUT2D eigenvalue weighted by Gasteiger charge is -2.04. The lowest BCUT2D eigenvalue weighted by Crippen LogP contribution is -2.22. The molecule has 2 aromatic rings. The monoisotopic (exact) mass is 233 g/mol. The van der Waals surface area contributed by atoms with Gasteiger partial charge in [0.1, 0.15) is 0 Å². The highest BCUT2D eigenvalue weighted by molar-refractivity contribution is 6.37. The zero-order valence-electron chi connectivity index (χ0n) is 8.47. The van der Waals surface area contributed by atoms with E-state index in [4.69, 9.17) is 9.52 Å². The number of amides is 1. The molecule has 6 heteroatoms. The number of hydrogen-bond acceptors (Lipinski definition) is 4. The van der Waals surface area contributed by atoms with Gasteiger partial charge in [-0.1, -0.05) is 12.1 Å². The molecule has 0 saturated heterocycles. The van der Waals surface area contributed by atoms with E-state index in [0.717, 1.165) is 0 Å². The van der Waals surface area contributed by atoms with Crippen LogP contribution in [0.2, 0.25) is 0 Å². The van der Waals surface area contributed by atoms with Crippen LogP contribution in [-0.4, -0.2) is 17.0 Å². The molecule has 86 valence electrons. The zero-order valence-corrected chi connectivity index (χ0v) is 8.47. The average molecular weight is 233 g/mol. The zero-order chi connectivity index (χ0) is 12.4. The molecule has 0 spiro atoms. The topological polar surface area (TPSA) is 96.6 Å². The number of aliphatic carboxylic acids is 1. The van der Waals surface area contributed by atoms with Crippen LogP contribution >= 0.6 is 0 Å². The van der Waals surface area contributed by atoms with Crippen LogP contribution in [0.1, 0.15) is 0 Å². The first-order valence-corrected chi connectivity index (χ1v) is 4.65. The van der Waals surface area contributed by atoms with Crippen molar-refractivity contribution in [2.75, 3.05) is 5.32 Å². The first-order valence-electron chi connectivity index (χ1n) is 4.65. The van der Waals surface area contributed by atoms with Gasteiger partial charge in [0.2, 0.25) is 0 Å². The summed E-state index contributed by atoms with van der Waals surface area (Å²) in [5.41, 5.74) is -0.281. The summed E-state index contributed by atoms with van der Waals surface area (Å²) in [6.45, 7) is 0. The van der Waals surface area contributed by atoms with Gasteiger partial charge in [-0.2, -0.15) is 0 Å². The predicted molar refractivity (Wildman–Crippen MR) is 58.7 cm³/mol. The van der Waals surface area contributed by atoms with Gasteiger partial charge in [-0.25, -0.2) is 9.59 Å². The smallest absolute Gasteiger partial charge is 0.394 e. The molecule has 0 bridgehead atoms.